The Morgan fingerprint density at radius 1 is 0.449 bits per heavy atom. The normalized spacial score (nSPS) is 12.1. The maximum absolute atomic E-state index is 6.47. The van der Waals surface area contributed by atoms with Crippen LogP contribution in [0.2, 0.25) is 0 Å². The summed E-state index contributed by atoms with van der Waals surface area (Å²) in [6, 6.07) is 52.4. The SMILES string of the molecule is c1ccc(-c2nc3ccc4oc5ccc(N(c6ccc7c(c6)sc6ccccc67)c6ccc7c(c6)sc6ccccc67)cc5c4c3s2)cc1. The average Bonchev–Trinajstić information content (AvgIpc) is 3.92. The lowest BCUT2D eigenvalue weighted by molar-refractivity contribution is 0.669. The summed E-state index contributed by atoms with van der Waals surface area (Å²) in [5.74, 6) is 0. The van der Waals surface area contributed by atoms with E-state index in [1.807, 2.05) is 28.7 Å². The van der Waals surface area contributed by atoms with Crippen molar-refractivity contribution in [3.05, 3.63) is 146 Å². The fourth-order valence-corrected chi connectivity index (χ4v) is 10.6. The van der Waals surface area contributed by atoms with Crippen molar-refractivity contribution in [2.75, 3.05) is 4.90 Å². The molecule has 0 unspecified atom stereocenters. The van der Waals surface area contributed by atoms with Crippen molar-refractivity contribution in [3.8, 4) is 10.6 Å². The molecule has 0 radical (unpaired) electrons. The van der Waals surface area contributed by atoms with Crippen molar-refractivity contribution < 1.29 is 4.42 Å². The van der Waals surface area contributed by atoms with Crippen LogP contribution in [0.5, 0.6) is 0 Å². The Balaban J connectivity index is 1.15. The van der Waals surface area contributed by atoms with Gasteiger partial charge in [0.15, 0.2) is 0 Å². The zero-order valence-electron chi connectivity index (χ0n) is 25.9. The van der Waals surface area contributed by atoms with Crippen LogP contribution in [0.4, 0.5) is 17.1 Å². The first-order valence-electron chi connectivity index (χ1n) is 16.2. The third kappa shape index (κ3) is 4.21. The Bertz CT molecular complexity index is 2960. The van der Waals surface area contributed by atoms with Crippen LogP contribution in [0.25, 0.3) is 83.1 Å². The quantitative estimate of drug-likeness (QED) is 0.185. The minimum Gasteiger partial charge on any atom is -0.456 e. The van der Waals surface area contributed by atoms with E-state index in [1.54, 1.807) is 11.3 Å². The first-order valence-corrected chi connectivity index (χ1v) is 18.6. The summed E-state index contributed by atoms with van der Waals surface area (Å²) in [7, 11) is 0. The molecule has 0 saturated carbocycles. The van der Waals surface area contributed by atoms with Crippen molar-refractivity contribution in [3.63, 3.8) is 0 Å². The smallest absolute Gasteiger partial charge is 0.137 e. The molecule has 0 amide bonds. The molecule has 0 aliphatic carbocycles. The Morgan fingerprint density at radius 3 is 1.71 bits per heavy atom. The maximum atomic E-state index is 6.47. The van der Waals surface area contributed by atoms with Gasteiger partial charge in [-0.3, -0.25) is 0 Å². The molecule has 6 heteroatoms. The summed E-state index contributed by atoms with van der Waals surface area (Å²) < 4.78 is 12.8. The van der Waals surface area contributed by atoms with Gasteiger partial charge in [-0.05, 0) is 66.7 Å². The zero-order valence-corrected chi connectivity index (χ0v) is 28.3. The van der Waals surface area contributed by atoms with Gasteiger partial charge in [-0.15, -0.1) is 34.0 Å². The van der Waals surface area contributed by atoms with Gasteiger partial charge in [-0.1, -0.05) is 78.9 Å². The molecule has 0 N–H and O–H groups in total. The molecule has 49 heavy (non-hydrogen) atoms. The van der Waals surface area contributed by atoms with Gasteiger partial charge in [0.1, 0.15) is 16.2 Å². The standard InChI is InChI=1S/C43H24N2OS3/c1-2-8-25(9-3-1)43-44-34-19-21-36-41(42(34)49-43)33-22-26(16-20-35(33)46-36)45(27-14-17-31-29-10-4-6-12-37(29)47-39(31)23-27)28-15-18-32-30-11-5-7-13-38(30)48-40(32)24-28/h1-24H. The Morgan fingerprint density at radius 2 is 1.02 bits per heavy atom. The van der Waals surface area contributed by atoms with Gasteiger partial charge in [0, 0.05) is 73.7 Å². The number of nitrogens with zero attached hydrogens (tertiary/aromatic N) is 2. The molecule has 4 aromatic heterocycles. The van der Waals surface area contributed by atoms with E-state index < -0.39 is 0 Å². The molecule has 230 valence electrons. The molecule has 7 aromatic carbocycles. The number of fused-ring (bicyclic) bond motifs is 11. The number of anilines is 3. The first-order chi connectivity index (χ1) is 24.2. The molecule has 0 spiro atoms. The van der Waals surface area contributed by atoms with E-state index in [-0.39, 0.29) is 0 Å². The molecule has 0 fully saturated rings. The number of thiophene rings is 2. The topological polar surface area (TPSA) is 29.3 Å². The highest BCUT2D eigenvalue weighted by molar-refractivity contribution is 7.26. The monoisotopic (exact) mass is 680 g/mol. The number of thiazole rings is 1. The van der Waals surface area contributed by atoms with Gasteiger partial charge >= 0.3 is 0 Å². The van der Waals surface area contributed by atoms with E-state index >= 15 is 0 Å². The lowest BCUT2D eigenvalue weighted by atomic mass is 10.1. The summed E-state index contributed by atoms with van der Waals surface area (Å²) in [6.07, 6.45) is 0. The summed E-state index contributed by atoms with van der Waals surface area (Å²) in [6.45, 7) is 0. The molecule has 11 aromatic rings. The van der Waals surface area contributed by atoms with Crippen molar-refractivity contribution in [1.82, 2.24) is 4.98 Å². The second-order valence-electron chi connectivity index (χ2n) is 12.3. The number of hydrogen-bond acceptors (Lipinski definition) is 6. The zero-order chi connectivity index (χ0) is 32.1. The number of rotatable bonds is 4. The predicted octanol–water partition coefficient (Wildman–Crippen LogP) is 14.1. The van der Waals surface area contributed by atoms with Gasteiger partial charge in [-0.25, -0.2) is 4.98 Å². The van der Waals surface area contributed by atoms with Crippen LogP contribution < -0.4 is 4.90 Å². The van der Waals surface area contributed by atoms with E-state index in [0.29, 0.717) is 0 Å². The van der Waals surface area contributed by atoms with Gasteiger partial charge < -0.3 is 9.32 Å². The number of aromatic nitrogens is 1. The van der Waals surface area contributed by atoms with E-state index in [0.717, 1.165) is 59.8 Å². The molecule has 0 saturated heterocycles. The van der Waals surface area contributed by atoms with Crippen molar-refractivity contribution in [2.24, 2.45) is 0 Å². The lowest BCUT2D eigenvalue weighted by Gasteiger charge is -2.26. The van der Waals surface area contributed by atoms with Crippen molar-refractivity contribution in [2.45, 2.75) is 0 Å². The molecule has 0 aliphatic heterocycles. The second-order valence-corrected chi connectivity index (χ2v) is 15.5. The molecule has 0 aliphatic rings. The third-order valence-electron chi connectivity index (χ3n) is 9.49. The maximum Gasteiger partial charge on any atom is 0.137 e. The molecule has 4 heterocycles. The summed E-state index contributed by atoms with van der Waals surface area (Å²) >= 11 is 5.43. The molecule has 3 nitrogen and oxygen atoms in total. The van der Waals surface area contributed by atoms with Crippen LogP contribution in [-0.4, -0.2) is 4.98 Å². The molecule has 0 atom stereocenters. The van der Waals surface area contributed by atoms with Crippen LogP contribution >= 0.6 is 34.0 Å². The minimum absolute atomic E-state index is 0.876. The van der Waals surface area contributed by atoms with Crippen LogP contribution in [0.3, 0.4) is 0 Å². The van der Waals surface area contributed by atoms with Gasteiger partial charge in [0.25, 0.3) is 0 Å². The summed E-state index contributed by atoms with van der Waals surface area (Å²) in [5.41, 5.74) is 7.22. The highest BCUT2D eigenvalue weighted by Crippen LogP contribution is 2.46. The Labute approximate surface area is 292 Å². The molecule has 0 bridgehead atoms. The largest absolute Gasteiger partial charge is 0.456 e. The third-order valence-corrected chi connectivity index (χ3v) is 12.9. The van der Waals surface area contributed by atoms with Crippen molar-refractivity contribution in [1.29, 1.82) is 0 Å². The fourth-order valence-electron chi connectivity index (χ4n) is 7.23. The Kier molecular flexibility index (Phi) is 5.87. The van der Waals surface area contributed by atoms with E-state index in [2.05, 4.69) is 144 Å². The molecular weight excluding hydrogens is 657 g/mol. The molecular formula is C43H24N2OS3. The highest BCUT2D eigenvalue weighted by Gasteiger charge is 2.20. The van der Waals surface area contributed by atoms with E-state index in [4.69, 9.17) is 9.40 Å². The van der Waals surface area contributed by atoms with E-state index in [9.17, 15) is 0 Å². The second kappa shape index (κ2) is 10.5. The predicted molar refractivity (Wildman–Crippen MR) is 213 cm³/mol. The highest BCUT2D eigenvalue weighted by atomic mass is 32.1. The number of hydrogen-bond donors (Lipinski definition) is 0. The number of furan rings is 1. The van der Waals surface area contributed by atoms with Crippen LogP contribution in [0, 0.1) is 0 Å². The minimum atomic E-state index is 0.876. The first kappa shape index (κ1) is 27.4. The van der Waals surface area contributed by atoms with Crippen LogP contribution in [-0.2, 0) is 0 Å². The molecule has 11 rings (SSSR count). The van der Waals surface area contributed by atoms with E-state index in [1.165, 1.54) is 40.3 Å². The fraction of sp³-hybridized carbons (Fsp3) is 0. The van der Waals surface area contributed by atoms with Crippen LogP contribution in [0.1, 0.15) is 0 Å². The van der Waals surface area contributed by atoms with Gasteiger partial charge in [0.05, 0.1) is 10.2 Å². The van der Waals surface area contributed by atoms with Gasteiger partial charge in [-0.2, -0.15) is 0 Å². The van der Waals surface area contributed by atoms with Crippen LogP contribution in [0.15, 0.2) is 150 Å². The van der Waals surface area contributed by atoms with Crippen molar-refractivity contribution >= 4 is 124 Å². The summed E-state index contributed by atoms with van der Waals surface area (Å²) in [4.78, 5) is 7.43. The van der Waals surface area contributed by atoms with Gasteiger partial charge in [0.2, 0.25) is 0 Å². The summed E-state index contributed by atoms with van der Waals surface area (Å²) in [5, 5.41) is 8.43. The Hall–Kier alpha value is -5.53. The average molecular weight is 681 g/mol. The lowest BCUT2D eigenvalue weighted by Crippen LogP contribution is -2.09. The number of benzene rings is 7.